The summed E-state index contributed by atoms with van der Waals surface area (Å²) in [5.41, 5.74) is 3.93. The molecule has 0 spiro atoms. The molecule has 2 aromatic heterocycles. The number of rotatable bonds is 7. The van der Waals surface area contributed by atoms with Crippen molar-refractivity contribution in [1.29, 1.82) is 0 Å². The van der Waals surface area contributed by atoms with E-state index in [0.717, 1.165) is 37.0 Å². The molecule has 2 heterocycles. The molecule has 26 heavy (non-hydrogen) atoms. The Morgan fingerprint density at radius 1 is 1.04 bits per heavy atom. The fourth-order valence-electron chi connectivity index (χ4n) is 3.13. The number of benzene rings is 1. The minimum absolute atomic E-state index is 0.323. The number of fused-ring (bicyclic) bond motifs is 1. The Labute approximate surface area is 163 Å². The van der Waals surface area contributed by atoms with Crippen LogP contribution in [0.4, 0.5) is 17.3 Å². The number of imidazole rings is 1. The molecule has 3 aromatic rings. The first kappa shape index (κ1) is 18.8. The van der Waals surface area contributed by atoms with Crippen LogP contribution in [0.25, 0.3) is 11.0 Å². The molecule has 0 atom stereocenters. The maximum Gasteiger partial charge on any atom is 0.208 e. The summed E-state index contributed by atoms with van der Waals surface area (Å²) in [6.45, 7) is 6.45. The average molecular weight is 392 g/mol. The molecule has 7 heteroatoms. The predicted octanol–water partition coefficient (Wildman–Crippen LogP) is 5.65. The van der Waals surface area contributed by atoms with Gasteiger partial charge in [0.25, 0.3) is 0 Å². The lowest BCUT2D eigenvalue weighted by Gasteiger charge is -2.25. The van der Waals surface area contributed by atoms with E-state index in [1.807, 2.05) is 13.1 Å². The van der Waals surface area contributed by atoms with Gasteiger partial charge in [0, 0.05) is 20.1 Å². The molecule has 1 aromatic carbocycles. The maximum absolute atomic E-state index is 6.19. The number of anilines is 3. The van der Waals surface area contributed by atoms with Gasteiger partial charge in [0.05, 0.1) is 22.4 Å². The molecule has 1 N–H and O–H groups in total. The fourth-order valence-corrected chi connectivity index (χ4v) is 3.53. The minimum atomic E-state index is 0.323. The first-order chi connectivity index (χ1) is 12.5. The van der Waals surface area contributed by atoms with Gasteiger partial charge in [0.1, 0.15) is 5.15 Å². The molecule has 0 aliphatic rings. The predicted molar refractivity (Wildman–Crippen MR) is 111 cm³/mol. The Morgan fingerprint density at radius 2 is 1.77 bits per heavy atom. The smallest absolute Gasteiger partial charge is 0.208 e. The highest BCUT2D eigenvalue weighted by Crippen LogP contribution is 2.31. The number of pyridine rings is 1. The fraction of sp³-hybridized carbons (Fsp3) is 0.368. The number of aromatic nitrogens is 3. The van der Waals surface area contributed by atoms with Gasteiger partial charge >= 0.3 is 0 Å². The molecular weight excluding hydrogens is 369 g/mol. The summed E-state index contributed by atoms with van der Waals surface area (Å²) in [5, 5.41) is 3.95. The quantitative estimate of drug-likeness (QED) is 0.528. The van der Waals surface area contributed by atoms with Gasteiger partial charge in [0.15, 0.2) is 5.15 Å². The topological polar surface area (TPSA) is 46.0 Å². The van der Waals surface area contributed by atoms with Crippen molar-refractivity contribution in [2.75, 3.05) is 23.3 Å². The summed E-state index contributed by atoms with van der Waals surface area (Å²) >= 11 is 12.1. The van der Waals surface area contributed by atoms with Gasteiger partial charge in [-0.15, -0.1) is 0 Å². The lowest BCUT2D eigenvalue weighted by atomic mass is 10.2. The van der Waals surface area contributed by atoms with E-state index in [2.05, 4.69) is 45.7 Å². The van der Waals surface area contributed by atoms with E-state index in [0.29, 0.717) is 21.9 Å². The van der Waals surface area contributed by atoms with E-state index in [1.54, 1.807) is 12.1 Å². The number of nitrogens with one attached hydrogen (secondary N) is 1. The lowest BCUT2D eigenvalue weighted by Crippen LogP contribution is -2.25. The second-order valence-corrected chi connectivity index (χ2v) is 6.97. The minimum Gasteiger partial charge on any atom is -0.370 e. The molecule has 138 valence electrons. The number of nitrogens with zero attached hydrogens (tertiary/aromatic N) is 4. The van der Waals surface area contributed by atoms with Crippen molar-refractivity contribution in [3.8, 4) is 0 Å². The highest BCUT2D eigenvalue weighted by Gasteiger charge is 2.16. The van der Waals surface area contributed by atoms with Crippen LogP contribution in [0.1, 0.15) is 26.7 Å². The molecule has 0 aliphatic carbocycles. The Hall–Kier alpha value is -1.98. The largest absolute Gasteiger partial charge is 0.370 e. The van der Waals surface area contributed by atoms with Crippen molar-refractivity contribution >= 4 is 51.6 Å². The zero-order chi connectivity index (χ0) is 18.7. The molecular formula is C19H23Cl2N5. The molecule has 0 unspecified atom stereocenters. The monoisotopic (exact) mass is 391 g/mol. The summed E-state index contributed by atoms with van der Waals surface area (Å²) in [7, 11) is 2.01. The zero-order valence-electron chi connectivity index (χ0n) is 15.3. The SMILES string of the molecule is CCCN(CCC)c1cccc2nc(Nc3ccc(Cl)nc3Cl)n(C)c12. The standard InChI is InChI=1S/C19H23Cl2N5/c1-4-11-26(12-5-2)15-8-6-7-13-17(15)25(3)19(22-13)23-14-9-10-16(20)24-18(14)21/h6-10H,4-5,11-12H2,1-3H3,(H,22,23). The molecule has 0 amide bonds. The molecule has 0 radical (unpaired) electrons. The van der Waals surface area contributed by atoms with Gasteiger partial charge in [-0.3, -0.25) is 0 Å². The molecule has 0 aliphatic heterocycles. The molecule has 0 saturated heterocycles. The van der Waals surface area contributed by atoms with Crippen LogP contribution in [0.5, 0.6) is 0 Å². The van der Waals surface area contributed by atoms with Crippen molar-refractivity contribution in [2.45, 2.75) is 26.7 Å². The van der Waals surface area contributed by atoms with Crippen LogP contribution >= 0.6 is 23.2 Å². The van der Waals surface area contributed by atoms with Crippen molar-refractivity contribution in [3.63, 3.8) is 0 Å². The van der Waals surface area contributed by atoms with E-state index >= 15 is 0 Å². The first-order valence-electron chi connectivity index (χ1n) is 8.84. The van der Waals surface area contributed by atoms with E-state index in [4.69, 9.17) is 28.2 Å². The van der Waals surface area contributed by atoms with Crippen molar-refractivity contribution in [1.82, 2.24) is 14.5 Å². The highest BCUT2D eigenvalue weighted by molar-refractivity contribution is 6.34. The van der Waals surface area contributed by atoms with E-state index in [9.17, 15) is 0 Å². The number of para-hydroxylation sites is 1. The second kappa shape index (κ2) is 8.14. The summed E-state index contributed by atoms with van der Waals surface area (Å²) < 4.78 is 2.06. The first-order valence-corrected chi connectivity index (χ1v) is 9.60. The van der Waals surface area contributed by atoms with Crippen molar-refractivity contribution < 1.29 is 0 Å². The molecule has 3 rings (SSSR count). The Balaban J connectivity index is 2.04. The van der Waals surface area contributed by atoms with Crippen LogP contribution in [-0.2, 0) is 7.05 Å². The summed E-state index contributed by atoms with van der Waals surface area (Å²) in [4.78, 5) is 11.2. The third kappa shape index (κ3) is 3.74. The second-order valence-electron chi connectivity index (χ2n) is 6.22. The van der Waals surface area contributed by atoms with Crippen LogP contribution < -0.4 is 10.2 Å². The Bertz CT molecular complexity index is 900. The van der Waals surface area contributed by atoms with Crippen LogP contribution in [0.15, 0.2) is 30.3 Å². The van der Waals surface area contributed by atoms with Crippen molar-refractivity contribution in [2.24, 2.45) is 7.05 Å². The van der Waals surface area contributed by atoms with E-state index in [-0.39, 0.29) is 0 Å². The Kier molecular flexibility index (Phi) is 5.89. The number of aryl methyl sites for hydroxylation is 1. The molecule has 0 bridgehead atoms. The molecule has 0 fully saturated rings. The van der Waals surface area contributed by atoms with Gasteiger partial charge in [-0.05, 0) is 37.1 Å². The van der Waals surface area contributed by atoms with Crippen LogP contribution in [0.3, 0.4) is 0 Å². The van der Waals surface area contributed by atoms with Crippen LogP contribution in [0, 0.1) is 0 Å². The normalized spacial score (nSPS) is 11.1. The molecule has 5 nitrogen and oxygen atoms in total. The Morgan fingerprint density at radius 3 is 2.42 bits per heavy atom. The number of hydrogen-bond donors (Lipinski definition) is 1. The summed E-state index contributed by atoms with van der Waals surface area (Å²) in [6, 6.07) is 9.76. The average Bonchev–Trinajstić information content (AvgIpc) is 2.93. The third-order valence-corrected chi connectivity index (χ3v) is 4.76. The lowest BCUT2D eigenvalue weighted by molar-refractivity contribution is 0.745. The van der Waals surface area contributed by atoms with Crippen LogP contribution in [-0.4, -0.2) is 27.6 Å². The third-order valence-electron chi connectivity index (χ3n) is 4.26. The van der Waals surface area contributed by atoms with E-state index < -0.39 is 0 Å². The van der Waals surface area contributed by atoms with Gasteiger partial charge in [-0.25, -0.2) is 9.97 Å². The summed E-state index contributed by atoms with van der Waals surface area (Å²) in [5.74, 6) is 0.714. The highest BCUT2D eigenvalue weighted by atomic mass is 35.5. The van der Waals surface area contributed by atoms with Gasteiger partial charge in [-0.1, -0.05) is 43.1 Å². The summed E-state index contributed by atoms with van der Waals surface area (Å²) in [6.07, 6.45) is 2.21. The van der Waals surface area contributed by atoms with E-state index in [1.165, 1.54) is 5.69 Å². The van der Waals surface area contributed by atoms with Crippen LogP contribution in [0.2, 0.25) is 10.3 Å². The van der Waals surface area contributed by atoms with Gasteiger partial charge < -0.3 is 14.8 Å². The zero-order valence-corrected chi connectivity index (χ0v) is 16.8. The van der Waals surface area contributed by atoms with Crippen molar-refractivity contribution in [3.05, 3.63) is 40.6 Å². The maximum atomic E-state index is 6.19. The number of hydrogen-bond acceptors (Lipinski definition) is 4. The van der Waals surface area contributed by atoms with Gasteiger partial charge in [-0.2, -0.15) is 0 Å². The van der Waals surface area contributed by atoms with Gasteiger partial charge in [0.2, 0.25) is 5.95 Å². The molecule has 0 saturated carbocycles. The number of halogens is 2.